The van der Waals surface area contributed by atoms with Crippen molar-refractivity contribution >= 4 is 46.2 Å². The highest BCUT2D eigenvalue weighted by Gasteiger charge is 2.33. The number of ether oxygens (including phenoxy) is 1. The first kappa shape index (κ1) is 21.1. The average Bonchev–Trinajstić information content (AvgIpc) is 2.98. The van der Waals surface area contributed by atoms with Crippen molar-refractivity contribution in [1.82, 2.24) is 10.2 Å². The van der Waals surface area contributed by atoms with E-state index in [1.807, 2.05) is 61.5 Å². The van der Waals surface area contributed by atoms with E-state index in [2.05, 4.69) is 5.32 Å². The van der Waals surface area contributed by atoms with E-state index in [-0.39, 0.29) is 18.4 Å². The Balaban J connectivity index is 1.54. The van der Waals surface area contributed by atoms with Crippen molar-refractivity contribution in [3.8, 4) is 5.75 Å². The second kappa shape index (κ2) is 10.2. The van der Waals surface area contributed by atoms with Crippen molar-refractivity contribution < 1.29 is 14.3 Å². The minimum atomic E-state index is -0.243. The van der Waals surface area contributed by atoms with E-state index in [1.165, 1.54) is 16.7 Å². The number of hydrogen-bond acceptors (Lipinski definition) is 5. The molecule has 0 saturated carbocycles. The van der Waals surface area contributed by atoms with Crippen molar-refractivity contribution in [2.45, 2.75) is 13.3 Å². The summed E-state index contributed by atoms with van der Waals surface area (Å²) in [6.07, 6.45) is 2.52. The molecule has 0 aliphatic carbocycles. The second-order valence-corrected chi connectivity index (χ2v) is 8.03. The summed E-state index contributed by atoms with van der Waals surface area (Å²) < 4.78 is 5.82. The van der Waals surface area contributed by atoms with Gasteiger partial charge >= 0.3 is 0 Å². The van der Waals surface area contributed by atoms with Crippen LogP contribution in [0.5, 0.6) is 5.75 Å². The molecule has 150 valence electrons. The van der Waals surface area contributed by atoms with E-state index in [9.17, 15) is 9.59 Å². The van der Waals surface area contributed by atoms with Gasteiger partial charge in [0.1, 0.15) is 16.6 Å². The van der Waals surface area contributed by atoms with E-state index in [0.29, 0.717) is 22.4 Å². The molecule has 0 spiro atoms. The molecule has 29 heavy (non-hydrogen) atoms. The lowest BCUT2D eigenvalue weighted by molar-refractivity contribution is -0.128. The highest BCUT2D eigenvalue weighted by atomic mass is 32.2. The van der Waals surface area contributed by atoms with Crippen LogP contribution in [0.25, 0.3) is 6.08 Å². The average molecular weight is 427 g/mol. The van der Waals surface area contributed by atoms with E-state index < -0.39 is 0 Å². The highest BCUT2D eigenvalue weighted by Crippen LogP contribution is 2.32. The molecule has 0 atom stereocenters. The van der Waals surface area contributed by atoms with Crippen molar-refractivity contribution in [1.29, 1.82) is 0 Å². The Morgan fingerprint density at radius 3 is 2.59 bits per heavy atom. The number of carbonyl (C=O) groups excluding carboxylic acids is 2. The van der Waals surface area contributed by atoms with Gasteiger partial charge in [0.15, 0.2) is 0 Å². The SMILES string of the molecule is CCOc1ccc(C=C2SC(=S)N(CC(=O)NCCc3ccccc3)C2=O)cc1. The Labute approximate surface area is 180 Å². The summed E-state index contributed by atoms with van der Waals surface area (Å²) in [6, 6.07) is 17.4. The number of thioether (sulfide) groups is 1. The number of carbonyl (C=O) groups is 2. The molecule has 3 rings (SSSR count). The largest absolute Gasteiger partial charge is 0.494 e. The number of nitrogens with zero attached hydrogens (tertiary/aromatic N) is 1. The predicted molar refractivity (Wildman–Crippen MR) is 121 cm³/mol. The van der Waals surface area contributed by atoms with Gasteiger partial charge in [-0.3, -0.25) is 14.5 Å². The molecule has 2 aromatic rings. The fourth-order valence-electron chi connectivity index (χ4n) is 2.81. The molecule has 0 aromatic heterocycles. The van der Waals surface area contributed by atoms with Gasteiger partial charge in [-0.05, 0) is 42.7 Å². The van der Waals surface area contributed by atoms with Crippen LogP contribution in [0, 0.1) is 0 Å². The molecule has 1 N–H and O–H groups in total. The Morgan fingerprint density at radius 2 is 1.90 bits per heavy atom. The summed E-state index contributed by atoms with van der Waals surface area (Å²) >= 11 is 6.51. The lowest BCUT2D eigenvalue weighted by atomic mass is 10.1. The number of thiocarbonyl (C=S) groups is 1. The summed E-state index contributed by atoms with van der Waals surface area (Å²) in [5.41, 5.74) is 2.03. The van der Waals surface area contributed by atoms with Crippen LogP contribution in [0.15, 0.2) is 59.5 Å². The molecular weight excluding hydrogens is 404 g/mol. The Bertz CT molecular complexity index is 911. The third-order valence-electron chi connectivity index (χ3n) is 4.24. The highest BCUT2D eigenvalue weighted by molar-refractivity contribution is 8.26. The summed E-state index contributed by atoms with van der Waals surface area (Å²) in [7, 11) is 0. The van der Waals surface area contributed by atoms with Crippen LogP contribution >= 0.6 is 24.0 Å². The number of hydrogen-bond donors (Lipinski definition) is 1. The lowest BCUT2D eigenvalue weighted by Crippen LogP contribution is -2.40. The van der Waals surface area contributed by atoms with Crippen molar-refractivity contribution in [3.63, 3.8) is 0 Å². The van der Waals surface area contributed by atoms with Gasteiger partial charge in [0.2, 0.25) is 5.91 Å². The third-order valence-corrected chi connectivity index (χ3v) is 5.62. The predicted octanol–water partition coefficient (Wildman–Crippen LogP) is 3.65. The van der Waals surface area contributed by atoms with Gasteiger partial charge in [-0.1, -0.05) is 66.4 Å². The van der Waals surface area contributed by atoms with E-state index in [1.54, 1.807) is 6.08 Å². The van der Waals surface area contributed by atoms with Crippen LogP contribution in [0.1, 0.15) is 18.1 Å². The van der Waals surface area contributed by atoms with Gasteiger partial charge in [-0.15, -0.1) is 0 Å². The van der Waals surface area contributed by atoms with Gasteiger partial charge in [-0.25, -0.2) is 0 Å². The van der Waals surface area contributed by atoms with Crippen molar-refractivity contribution in [2.75, 3.05) is 19.7 Å². The smallest absolute Gasteiger partial charge is 0.266 e. The monoisotopic (exact) mass is 426 g/mol. The fourth-order valence-corrected chi connectivity index (χ4v) is 4.06. The van der Waals surface area contributed by atoms with Crippen LogP contribution in [0.2, 0.25) is 0 Å². The van der Waals surface area contributed by atoms with E-state index in [4.69, 9.17) is 17.0 Å². The zero-order valence-electron chi connectivity index (χ0n) is 16.1. The van der Waals surface area contributed by atoms with Crippen LogP contribution < -0.4 is 10.1 Å². The number of benzene rings is 2. The number of nitrogens with one attached hydrogen (secondary N) is 1. The lowest BCUT2D eigenvalue weighted by Gasteiger charge is -2.14. The summed E-state index contributed by atoms with van der Waals surface area (Å²) in [5.74, 6) is 0.316. The topological polar surface area (TPSA) is 58.6 Å². The molecule has 1 aliphatic rings. The quantitative estimate of drug-likeness (QED) is 0.516. The summed E-state index contributed by atoms with van der Waals surface area (Å²) in [6.45, 7) is 2.97. The molecule has 1 heterocycles. The first-order valence-corrected chi connectivity index (χ1v) is 10.6. The maximum absolute atomic E-state index is 12.7. The summed E-state index contributed by atoms with van der Waals surface area (Å²) in [5, 5.41) is 2.85. The molecular formula is C22H22N2O3S2. The zero-order valence-corrected chi connectivity index (χ0v) is 17.7. The molecule has 1 saturated heterocycles. The van der Waals surface area contributed by atoms with E-state index in [0.717, 1.165) is 23.3 Å². The zero-order chi connectivity index (χ0) is 20.6. The first-order valence-electron chi connectivity index (χ1n) is 9.35. The maximum atomic E-state index is 12.7. The van der Waals surface area contributed by atoms with Crippen molar-refractivity contribution in [2.24, 2.45) is 0 Å². The van der Waals surface area contributed by atoms with Crippen LogP contribution in [-0.4, -0.2) is 40.7 Å². The summed E-state index contributed by atoms with van der Waals surface area (Å²) in [4.78, 5) is 26.8. The van der Waals surface area contributed by atoms with Crippen LogP contribution in [0.4, 0.5) is 0 Å². The van der Waals surface area contributed by atoms with Gasteiger partial charge in [0.25, 0.3) is 5.91 Å². The standard InChI is InChI=1S/C22H22N2O3S2/c1-2-27-18-10-8-17(9-11-18)14-19-21(26)24(22(28)29-19)15-20(25)23-13-12-16-6-4-3-5-7-16/h3-11,14H,2,12-13,15H2,1H3,(H,23,25). The molecule has 0 unspecified atom stereocenters. The molecule has 7 heteroatoms. The van der Waals surface area contributed by atoms with Gasteiger partial charge in [0.05, 0.1) is 11.5 Å². The third kappa shape index (κ3) is 5.92. The molecule has 1 fully saturated rings. The van der Waals surface area contributed by atoms with Crippen LogP contribution in [-0.2, 0) is 16.0 Å². The van der Waals surface area contributed by atoms with Gasteiger partial charge < -0.3 is 10.1 Å². The Kier molecular flexibility index (Phi) is 7.43. The fraction of sp³-hybridized carbons (Fsp3) is 0.227. The Hall–Kier alpha value is -2.64. The van der Waals surface area contributed by atoms with Gasteiger partial charge in [0, 0.05) is 6.54 Å². The maximum Gasteiger partial charge on any atom is 0.266 e. The molecule has 0 bridgehead atoms. The van der Waals surface area contributed by atoms with Gasteiger partial charge in [-0.2, -0.15) is 0 Å². The Morgan fingerprint density at radius 1 is 1.17 bits per heavy atom. The number of amides is 2. The van der Waals surface area contributed by atoms with Crippen molar-refractivity contribution in [3.05, 3.63) is 70.6 Å². The first-order chi connectivity index (χ1) is 14.1. The molecule has 1 aliphatic heterocycles. The number of rotatable bonds is 8. The molecule has 0 radical (unpaired) electrons. The minimum Gasteiger partial charge on any atom is -0.494 e. The van der Waals surface area contributed by atoms with Crippen LogP contribution in [0.3, 0.4) is 0 Å². The molecule has 2 amide bonds. The second-order valence-electron chi connectivity index (χ2n) is 6.36. The minimum absolute atomic E-state index is 0.0694. The molecule has 2 aromatic carbocycles. The van der Waals surface area contributed by atoms with E-state index >= 15 is 0 Å². The normalized spacial score (nSPS) is 15.1. The molecule has 5 nitrogen and oxygen atoms in total.